The van der Waals surface area contributed by atoms with Crippen LogP contribution in [0.2, 0.25) is 5.02 Å². The Bertz CT molecular complexity index is 982. The standard InChI is InChI=1S/C22H22ClN3O2/c1-2-26-12-11-15-5-8-18(13-19(15)26)25-21(27)9-10-22-24-14-20(28-22)16-3-6-17(23)7-4-16/h3-8,13-14H,2,9-12H2,1H3,(H,25,27). The minimum Gasteiger partial charge on any atom is -0.441 e. The molecule has 4 rings (SSSR count). The number of likely N-dealkylation sites (N-methyl/N-ethyl adjacent to an activating group) is 1. The van der Waals surface area contributed by atoms with Gasteiger partial charge in [-0.1, -0.05) is 17.7 Å². The Balaban J connectivity index is 1.35. The molecule has 1 amide bonds. The summed E-state index contributed by atoms with van der Waals surface area (Å²) in [5.41, 5.74) is 4.31. The molecule has 0 saturated heterocycles. The van der Waals surface area contributed by atoms with Gasteiger partial charge in [-0.15, -0.1) is 0 Å². The van der Waals surface area contributed by atoms with E-state index in [1.54, 1.807) is 6.20 Å². The Morgan fingerprint density at radius 3 is 2.86 bits per heavy atom. The number of nitrogens with one attached hydrogen (secondary N) is 1. The summed E-state index contributed by atoms with van der Waals surface area (Å²) in [4.78, 5) is 18.9. The minimum absolute atomic E-state index is 0.0489. The number of rotatable bonds is 6. The summed E-state index contributed by atoms with van der Waals surface area (Å²) in [5.74, 6) is 1.17. The Kier molecular flexibility index (Phi) is 5.35. The van der Waals surface area contributed by atoms with Crippen LogP contribution in [-0.2, 0) is 17.6 Å². The molecule has 0 atom stereocenters. The van der Waals surface area contributed by atoms with Crippen molar-refractivity contribution in [3.63, 3.8) is 0 Å². The number of oxazole rings is 1. The molecule has 3 aromatic rings. The highest BCUT2D eigenvalue weighted by Crippen LogP contribution is 2.30. The summed E-state index contributed by atoms with van der Waals surface area (Å²) in [5, 5.41) is 3.66. The molecule has 0 spiro atoms. The lowest BCUT2D eigenvalue weighted by atomic mass is 10.1. The maximum absolute atomic E-state index is 12.3. The number of anilines is 2. The van der Waals surface area contributed by atoms with Crippen LogP contribution in [0.5, 0.6) is 0 Å². The second-order valence-electron chi connectivity index (χ2n) is 6.85. The van der Waals surface area contributed by atoms with Crippen molar-refractivity contribution in [2.24, 2.45) is 0 Å². The number of amides is 1. The topological polar surface area (TPSA) is 58.4 Å². The van der Waals surface area contributed by atoms with E-state index in [0.29, 0.717) is 29.5 Å². The molecule has 2 aromatic carbocycles. The van der Waals surface area contributed by atoms with E-state index in [2.05, 4.69) is 34.3 Å². The highest BCUT2D eigenvalue weighted by Gasteiger charge is 2.18. The molecule has 1 N–H and O–H groups in total. The molecule has 1 aromatic heterocycles. The van der Waals surface area contributed by atoms with E-state index >= 15 is 0 Å². The van der Waals surface area contributed by atoms with Gasteiger partial charge in [-0.3, -0.25) is 4.79 Å². The van der Waals surface area contributed by atoms with Gasteiger partial charge in [0.25, 0.3) is 0 Å². The number of nitrogens with zero attached hydrogens (tertiary/aromatic N) is 2. The van der Waals surface area contributed by atoms with E-state index in [1.807, 2.05) is 30.3 Å². The van der Waals surface area contributed by atoms with E-state index < -0.39 is 0 Å². The van der Waals surface area contributed by atoms with Crippen molar-refractivity contribution in [2.45, 2.75) is 26.2 Å². The molecule has 1 aliphatic rings. The molecule has 5 nitrogen and oxygen atoms in total. The predicted octanol–water partition coefficient (Wildman–Crippen LogP) is 4.95. The van der Waals surface area contributed by atoms with Crippen molar-refractivity contribution >= 4 is 28.9 Å². The second kappa shape index (κ2) is 8.07. The molecule has 0 radical (unpaired) electrons. The van der Waals surface area contributed by atoms with E-state index in [4.69, 9.17) is 16.0 Å². The van der Waals surface area contributed by atoms with E-state index in [9.17, 15) is 4.79 Å². The van der Waals surface area contributed by atoms with Gasteiger partial charge in [0.1, 0.15) is 0 Å². The van der Waals surface area contributed by atoms with Crippen LogP contribution in [0, 0.1) is 0 Å². The third kappa shape index (κ3) is 4.04. The summed E-state index contributed by atoms with van der Waals surface area (Å²) in [6, 6.07) is 13.5. The van der Waals surface area contributed by atoms with Crippen molar-refractivity contribution in [1.82, 2.24) is 4.98 Å². The van der Waals surface area contributed by atoms with Gasteiger partial charge < -0.3 is 14.6 Å². The third-order valence-corrected chi connectivity index (χ3v) is 5.24. The summed E-state index contributed by atoms with van der Waals surface area (Å²) in [7, 11) is 0. The van der Waals surface area contributed by atoms with Gasteiger partial charge in [0.15, 0.2) is 11.7 Å². The molecule has 0 aliphatic carbocycles. The van der Waals surface area contributed by atoms with Crippen LogP contribution >= 0.6 is 11.6 Å². The van der Waals surface area contributed by atoms with Gasteiger partial charge in [0.2, 0.25) is 5.91 Å². The monoisotopic (exact) mass is 395 g/mol. The van der Waals surface area contributed by atoms with Crippen molar-refractivity contribution in [3.05, 3.63) is 65.1 Å². The highest BCUT2D eigenvalue weighted by atomic mass is 35.5. The first-order chi connectivity index (χ1) is 13.6. The van der Waals surface area contributed by atoms with Crippen molar-refractivity contribution in [1.29, 1.82) is 0 Å². The van der Waals surface area contributed by atoms with E-state index in [1.165, 1.54) is 11.3 Å². The molecule has 2 heterocycles. The Morgan fingerprint density at radius 1 is 1.25 bits per heavy atom. The van der Waals surface area contributed by atoms with Crippen molar-refractivity contribution in [2.75, 3.05) is 23.3 Å². The van der Waals surface area contributed by atoms with E-state index in [0.717, 1.165) is 30.8 Å². The molecule has 0 fully saturated rings. The number of halogens is 1. The molecule has 1 aliphatic heterocycles. The first kappa shape index (κ1) is 18.6. The summed E-state index contributed by atoms with van der Waals surface area (Å²) < 4.78 is 5.76. The maximum Gasteiger partial charge on any atom is 0.224 e. The number of carbonyl (C=O) groups excluding carboxylic acids is 1. The summed E-state index contributed by atoms with van der Waals surface area (Å²) in [6.45, 7) is 4.17. The predicted molar refractivity (Wildman–Crippen MR) is 112 cm³/mol. The number of aryl methyl sites for hydroxylation is 1. The molecule has 144 valence electrons. The van der Waals surface area contributed by atoms with Crippen LogP contribution in [0.25, 0.3) is 11.3 Å². The molecule has 0 saturated carbocycles. The van der Waals surface area contributed by atoms with Crippen LogP contribution < -0.4 is 10.2 Å². The zero-order valence-electron chi connectivity index (χ0n) is 15.7. The first-order valence-corrected chi connectivity index (χ1v) is 9.88. The Hall–Kier alpha value is -2.79. The van der Waals surface area contributed by atoms with Crippen LogP contribution in [0.4, 0.5) is 11.4 Å². The number of hydrogen-bond acceptors (Lipinski definition) is 4. The Labute approximate surface area is 169 Å². The summed E-state index contributed by atoms with van der Waals surface area (Å²) in [6.07, 6.45) is 3.51. The average Bonchev–Trinajstić information content (AvgIpc) is 3.33. The molecular weight excluding hydrogens is 374 g/mol. The SMILES string of the molecule is CCN1CCc2ccc(NC(=O)CCc3ncc(-c4ccc(Cl)cc4)o3)cc21. The van der Waals surface area contributed by atoms with Crippen LogP contribution in [0.1, 0.15) is 24.8 Å². The maximum atomic E-state index is 12.3. The zero-order chi connectivity index (χ0) is 19.5. The fourth-order valence-electron chi connectivity index (χ4n) is 3.47. The molecule has 0 unspecified atom stereocenters. The van der Waals surface area contributed by atoms with Crippen molar-refractivity contribution in [3.8, 4) is 11.3 Å². The zero-order valence-corrected chi connectivity index (χ0v) is 16.5. The number of benzene rings is 2. The second-order valence-corrected chi connectivity index (χ2v) is 7.28. The largest absolute Gasteiger partial charge is 0.441 e. The molecular formula is C22H22ClN3O2. The fraction of sp³-hybridized carbons (Fsp3) is 0.273. The lowest BCUT2D eigenvalue weighted by Crippen LogP contribution is -2.19. The normalized spacial score (nSPS) is 12.9. The summed E-state index contributed by atoms with van der Waals surface area (Å²) >= 11 is 5.91. The van der Waals surface area contributed by atoms with Gasteiger partial charge in [-0.2, -0.15) is 0 Å². The van der Waals surface area contributed by atoms with Gasteiger partial charge in [0.05, 0.1) is 6.20 Å². The minimum atomic E-state index is -0.0489. The van der Waals surface area contributed by atoms with Crippen molar-refractivity contribution < 1.29 is 9.21 Å². The van der Waals surface area contributed by atoms with Gasteiger partial charge in [-0.05, 0) is 55.3 Å². The third-order valence-electron chi connectivity index (χ3n) is 4.99. The number of aromatic nitrogens is 1. The van der Waals surface area contributed by atoms with Crippen LogP contribution in [-0.4, -0.2) is 24.0 Å². The van der Waals surface area contributed by atoms with Gasteiger partial charge in [0, 0.05) is 47.9 Å². The number of carbonyl (C=O) groups is 1. The van der Waals surface area contributed by atoms with Crippen LogP contribution in [0.3, 0.4) is 0 Å². The lowest BCUT2D eigenvalue weighted by Gasteiger charge is -2.17. The molecule has 6 heteroatoms. The molecule has 28 heavy (non-hydrogen) atoms. The van der Waals surface area contributed by atoms with E-state index in [-0.39, 0.29) is 5.91 Å². The van der Waals surface area contributed by atoms with Gasteiger partial charge >= 0.3 is 0 Å². The number of fused-ring (bicyclic) bond motifs is 1. The molecule has 0 bridgehead atoms. The average molecular weight is 396 g/mol. The lowest BCUT2D eigenvalue weighted by molar-refractivity contribution is -0.116. The van der Waals surface area contributed by atoms with Gasteiger partial charge in [-0.25, -0.2) is 4.98 Å². The Morgan fingerprint density at radius 2 is 2.07 bits per heavy atom. The fourth-order valence-corrected chi connectivity index (χ4v) is 3.60. The quantitative estimate of drug-likeness (QED) is 0.641. The first-order valence-electron chi connectivity index (χ1n) is 9.51. The number of hydrogen-bond donors (Lipinski definition) is 1. The highest BCUT2D eigenvalue weighted by molar-refractivity contribution is 6.30. The van der Waals surface area contributed by atoms with Crippen LogP contribution in [0.15, 0.2) is 53.1 Å². The smallest absolute Gasteiger partial charge is 0.224 e.